The van der Waals surface area contributed by atoms with Crippen LogP contribution in [0.4, 0.5) is 4.39 Å². The molecule has 0 saturated heterocycles. The van der Waals surface area contributed by atoms with E-state index in [9.17, 15) is 12.8 Å². The van der Waals surface area contributed by atoms with Crippen LogP contribution in [0.15, 0.2) is 23.1 Å². The van der Waals surface area contributed by atoms with Crippen LogP contribution in [0.1, 0.15) is 19.4 Å². The Labute approximate surface area is 76.3 Å². The van der Waals surface area contributed by atoms with Crippen molar-refractivity contribution in [1.82, 2.24) is 0 Å². The molecule has 70 valence electrons. The van der Waals surface area contributed by atoms with Crippen molar-refractivity contribution in [2.75, 3.05) is 0 Å². The number of halogens is 1. The quantitative estimate of drug-likeness (QED) is 0.599. The Kier molecular flexibility index (Phi) is 1.42. The first kappa shape index (κ1) is 8.69. The first-order valence-electron chi connectivity index (χ1n) is 3.92. The summed E-state index contributed by atoms with van der Waals surface area (Å²) in [6.07, 6.45) is 0. The minimum absolute atomic E-state index is 0.263. The lowest BCUT2D eigenvalue weighted by Gasteiger charge is -2.36. The Balaban J connectivity index is 2.79. The standard InChI is InChI=1S/C9H9FO2S/c1-9(2)7-5-6(10)3-4-8(7)13(9,11)12/h3-5H,1-2H3. The predicted octanol–water partition coefficient (Wildman–Crippen LogP) is 1.85. The Morgan fingerprint density at radius 1 is 1.31 bits per heavy atom. The van der Waals surface area contributed by atoms with Gasteiger partial charge in [0.1, 0.15) is 5.82 Å². The fourth-order valence-electron chi connectivity index (χ4n) is 1.58. The SMILES string of the molecule is CC1(C)c2cc(F)ccc2S1(=O)=O. The third-order valence-electron chi connectivity index (χ3n) is 2.55. The summed E-state index contributed by atoms with van der Waals surface area (Å²) >= 11 is 0. The van der Waals surface area contributed by atoms with Crippen LogP contribution in [0, 0.1) is 5.82 Å². The number of rotatable bonds is 0. The summed E-state index contributed by atoms with van der Waals surface area (Å²) in [5.41, 5.74) is 0.576. The molecule has 1 heterocycles. The summed E-state index contributed by atoms with van der Waals surface area (Å²) in [6.45, 7) is 3.17. The summed E-state index contributed by atoms with van der Waals surface area (Å²) in [6, 6.07) is 3.78. The molecule has 0 saturated carbocycles. The second-order valence-electron chi connectivity index (χ2n) is 3.65. The van der Waals surface area contributed by atoms with Crippen molar-refractivity contribution >= 4 is 9.84 Å². The Morgan fingerprint density at radius 3 is 2.54 bits per heavy atom. The monoisotopic (exact) mass is 200 g/mol. The Bertz CT molecular complexity index is 474. The van der Waals surface area contributed by atoms with Gasteiger partial charge >= 0.3 is 0 Å². The van der Waals surface area contributed by atoms with Crippen molar-refractivity contribution in [2.45, 2.75) is 23.5 Å². The molecule has 2 nitrogen and oxygen atoms in total. The molecule has 0 bridgehead atoms. The smallest absolute Gasteiger partial charge is 0.188 e. The van der Waals surface area contributed by atoms with E-state index in [4.69, 9.17) is 0 Å². The zero-order chi connectivity index (χ0) is 9.85. The molecule has 2 rings (SSSR count). The van der Waals surface area contributed by atoms with Gasteiger partial charge < -0.3 is 0 Å². The van der Waals surface area contributed by atoms with Crippen molar-refractivity contribution in [1.29, 1.82) is 0 Å². The lowest BCUT2D eigenvalue weighted by Crippen LogP contribution is -2.40. The van der Waals surface area contributed by atoms with Crippen molar-refractivity contribution < 1.29 is 12.8 Å². The average molecular weight is 200 g/mol. The molecule has 0 radical (unpaired) electrons. The highest BCUT2D eigenvalue weighted by atomic mass is 32.2. The van der Waals surface area contributed by atoms with Gasteiger partial charge in [-0.15, -0.1) is 0 Å². The van der Waals surface area contributed by atoms with Gasteiger partial charge in [0.05, 0.1) is 9.64 Å². The highest BCUT2D eigenvalue weighted by molar-refractivity contribution is 7.93. The van der Waals surface area contributed by atoms with Gasteiger partial charge in [0, 0.05) is 0 Å². The molecule has 1 aliphatic heterocycles. The van der Waals surface area contributed by atoms with E-state index in [-0.39, 0.29) is 10.7 Å². The summed E-state index contributed by atoms with van der Waals surface area (Å²) in [5.74, 6) is -0.387. The summed E-state index contributed by atoms with van der Waals surface area (Å²) in [5, 5.41) is 0. The molecule has 4 heteroatoms. The predicted molar refractivity (Wildman–Crippen MR) is 46.6 cm³/mol. The molecule has 0 N–H and O–H groups in total. The maximum Gasteiger partial charge on any atom is 0.188 e. The van der Waals surface area contributed by atoms with Gasteiger partial charge in [-0.3, -0.25) is 0 Å². The first-order chi connectivity index (χ1) is 5.87. The molecular weight excluding hydrogens is 191 g/mol. The number of benzene rings is 1. The van der Waals surface area contributed by atoms with Crippen LogP contribution in [-0.2, 0) is 14.6 Å². The van der Waals surface area contributed by atoms with Crippen molar-refractivity contribution in [2.24, 2.45) is 0 Å². The van der Waals surface area contributed by atoms with Crippen LogP contribution in [0.5, 0.6) is 0 Å². The van der Waals surface area contributed by atoms with E-state index < -0.39 is 14.6 Å². The minimum Gasteiger partial charge on any atom is -0.223 e. The van der Waals surface area contributed by atoms with Crippen LogP contribution in [0.3, 0.4) is 0 Å². The lowest BCUT2D eigenvalue weighted by molar-refractivity contribution is 0.520. The van der Waals surface area contributed by atoms with Gasteiger partial charge in [0.2, 0.25) is 0 Å². The third kappa shape index (κ3) is 0.839. The number of fused-ring (bicyclic) bond motifs is 1. The maximum atomic E-state index is 12.8. The number of sulfone groups is 1. The van der Waals surface area contributed by atoms with E-state index in [0.29, 0.717) is 5.56 Å². The molecule has 1 aromatic carbocycles. The van der Waals surface area contributed by atoms with E-state index in [1.54, 1.807) is 13.8 Å². The molecule has 0 unspecified atom stereocenters. The highest BCUT2D eigenvalue weighted by Crippen LogP contribution is 2.47. The van der Waals surface area contributed by atoms with Gasteiger partial charge in [0.15, 0.2) is 9.84 Å². The zero-order valence-corrected chi connectivity index (χ0v) is 8.15. The Morgan fingerprint density at radius 2 is 1.92 bits per heavy atom. The lowest BCUT2D eigenvalue weighted by atomic mass is 10.0. The van der Waals surface area contributed by atoms with Crippen LogP contribution in [0.25, 0.3) is 0 Å². The van der Waals surface area contributed by atoms with Crippen LogP contribution < -0.4 is 0 Å². The Hall–Kier alpha value is -0.900. The van der Waals surface area contributed by atoms with Crippen LogP contribution in [-0.4, -0.2) is 8.42 Å². The van der Waals surface area contributed by atoms with Crippen molar-refractivity contribution in [3.05, 3.63) is 29.6 Å². The van der Waals surface area contributed by atoms with E-state index in [0.717, 1.165) is 0 Å². The number of hydrogen-bond acceptors (Lipinski definition) is 2. The van der Waals surface area contributed by atoms with Gasteiger partial charge in [-0.1, -0.05) is 0 Å². The second-order valence-corrected chi connectivity index (χ2v) is 6.12. The maximum absolute atomic E-state index is 12.8. The summed E-state index contributed by atoms with van der Waals surface area (Å²) < 4.78 is 35.0. The van der Waals surface area contributed by atoms with E-state index in [1.807, 2.05) is 0 Å². The average Bonchev–Trinajstić information content (AvgIpc) is 2.03. The molecule has 0 amide bonds. The third-order valence-corrected chi connectivity index (χ3v) is 5.05. The second kappa shape index (κ2) is 2.12. The largest absolute Gasteiger partial charge is 0.223 e. The van der Waals surface area contributed by atoms with Crippen molar-refractivity contribution in [3.8, 4) is 0 Å². The fourth-order valence-corrected chi connectivity index (χ4v) is 3.29. The molecule has 13 heavy (non-hydrogen) atoms. The van der Waals surface area contributed by atoms with E-state index in [2.05, 4.69) is 0 Å². The minimum atomic E-state index is -3.20. The van der Waals surface area contributed by atoms with Gasteiger partial charge in [-0.25, -0.2) is 12.8 Å². The molecule has 1 aromatic rings. The molecule has 0 aromatic heterocycles. The van der Waals surface area contributed by atoms with Gasteiger partial charge in [0.25, 0.3) is 0 Å². The molecule has 0 aliphatic carbocycles. The summed E-state index contributed by atoms with van der Waals surface area (Å²) in [4.78, 5) is 0.263. The van der Waals surface area contributed by atoms with Crippen molar-refractivity contribution in [3.63, 3.8) is 0 Å². The summed E-state index contributed by atoms with van der Waals surface area (Å²) in [7, 11) is -3.20. The van der Waals surface area contributed by atoms with Crippen LogP contribution in [0.2, 0.25) is 0 Å². The highest BCUT2D eigenvalue weighted by Gasteiger charge is 2.50. The molecule has 1 aliphatic rings. The normalized spacial score (nSPS) is 21.8. The van der Waals surface area contributed by atoms with Crippen LogP contribution >= 0.6 is 0 Å². The van der Waals surface area contributed by atoms with Gasteiger partial charge in [-0.2, -0.15) is 0 Å². The van der Waals surface area contributed by atoms with Gasteiger partial charge in [-0.05, 0) is 37.6 Å². The molecule has 0 spiro atoms. The van der Waals surface area contributed by atoms with E-state index >= 15 is 0 Å². The number of hydrogen-bond donors (Lipinski definition) is 0. The first-order valence-corrected chi connectivity index (χ1v) is 5.40. The topological polar surface area (TPSA) is 34.1 Å². The fraction of sp³-hybridized carbons (Fsp3) is 0.333. The zero-order valence-electron chi connectivity index (χ0n) is 7.33. The molecular formula is C9H9FO2S. The molecule has 0 atom stereocenters. The van der Waals surface area contributed by atoms with E-state index in [1.165, 1.54) is 18.2 Å². The molecule has 0 fully saturated rings.